The average Bonchev–Trinajstić information content (AvgIpc) is 3.20. The summed E-state index contributed by atoms with van der Waals surface area (Å²) in [5.41, 5.74) is 7.54. The van der Waals surface area contributed by atoms with Crippen LogP contribution < -0.4 is 5.73 Å². The van der Waals surface area contributed by atoms with Crippen molar-refractivity contribution in [2.45, 2.75) is 26.7 Å². The van der Waals surface area contributed by atoms with Crippen molar-refractivity contribution >= 4 is 17.2 Å². The van der Waals surface area contributed by atoms with Gasteiger partial charge in [0, 0.05) is 24.0 Å². The van der Waals surface area contributed by atoms with Crippen LogP contribution in [0.15, 0.2) is 21.2 Å². The number of hydrogen-bond acceptors (Lipinski definition) is 5. The Labute approximate surface area is 134 Å². The molecule has 0 bridgehead atoms. The van der Waals surface area contributed by atoms with Crippen LogP contribution in [0.25, 0.3) is 11.5 Å². The zero-order valence-electron chi connectivity index (χ0n) is 13.0. The second kappa shape index (κ2) is 5.85. The van der Waals surface area contributed by atoms with Crippen LogP contribution in [-0.2, 0) is 11.2 Å². The summed E-state index contributed by atoms with van der Waals surface area (Å²) < 4.78 is 5.69. The van der Waals surface area contributed by atoms with E-state index in [0.29, 0.717) is 18.9 Å². The van der Waals surface area contributed by atoms with Crippen molar-refractivity contribution in [3.63, 3.8) is 0 Å². The Balaban J connectivity index is 1.70. The minimum Gasteiger partial charge on any atom is -0.441 e. The molecule has 3 heterocycles. The van der Waals surface area contributed by atoms with E-state index in [4.69, 9.17) is 10.2 Å². The molecule has 1 atom stereocenters. The molecule has 5 nitrogen and oxygen atoms in total. The first-order chi connectivity index (χ1) is 10.5. The third-order valence-electron chi connectivity index (χ3n) is 4.38. The predicted molar refractivity (Wildman–Crippen MR) is 86.6 cm³/mol. The molecule has 6 heteroatoms. The molecule has 2 aromatic rings. The molecule has 0 radical (unpaired) electrons. The maximum absolute atomic E-state index is 12.5. The summed E-state index contributed by atoms with van der Waals surface area (Å²) in [6.07, 6.45) is 1.26. The fourth-order valence-corrected chi connectivity index (χ4v) is 3.39. The molecule has 2 aromatic heterocycles. The monoisotopic (exact) mass is 319 g/mol. The molecule has 0 saturated carbocycles. The van der Waals surface area contributed by atoms with Crippen molar-refractivity contribution in [1.82, 2.24) is 9.88 Å². The number of carbonyl (C=O) groups excluding carboxylic acids is 1. The number of likely N-dealkylation sites (tertiary alicyclic amines) is 1. The molecular formula is C16H21N3O2S. The van der Waals surface area contributed by atoms with Gasteiger partial charge in [-0.3, -0.25) is 4.79 Å². The van der Waals surface area contributed by atoms with Gasteiger partial charge in [0.1, 0.15) is 5.76 Å². The van der Waals surface area contributed by atoms with Gasteiger partial charge in [-0.2, -0.15) is 11.3 Å². The predicted octanol–water partition coefficient (Wildman–Crippen LogP) is 2.45. The summed E-state index contributed by atoms with van der Waals surface area (Å²) in [7, 11) is 0. The molecule has 22 heavy (non-hydrogen) atoms. The summed E-state index contributed by atoms with van der Waals surface area (Å²) >= 11 is 1.60. The smallest absolute Gasteiger partial charge is 0.228 e. The number of amides is 1. The lowest BCUT2D eigenvalue weighted by molar-refractivity contribution is -0.129. The van der Waals surface area contributed by atoms with Crippen LogP contribution >= 0.6 is 11.3 Å². The number of hydrogen-bond donors (Lipinski definition) is 1. The molecule has 0 aromatic carbocycles. The normalized spacial score (nSPS) is 21.5. The third kappa shape index (κ3) is 2.94. The van der Waals surface area contributed by atoms with Crippen LogP contribution in [0.3, 0.4) is 0 Å². The van der Waals surface area contributed by atoms with Gasteiger partial charge in [-0.25, -0.2) is 4.98 Å². The number of aromatic nitrogens is 1. The summed E-state index contributed by atoms with van der Waals surface area (Å²) in [5, 5.41) is 3.97. The van der Waals surface area contributed by atoms with E-state index < -0.39 is 0 Å². The number of oxazole rings is 1. The van der Waals surface area contributed by atoms with Crippen LogP contribution in [-0.4, -0.2) is 35.4 Å². The Morgan fingerprint density at radius 2 is 2.41 bits per heavy atom. The van der Waals surface area contributed by atoms with Crippen molar-refractivity contribution in [1.29, 1.82) is 0 Å². The minimum absolute atomic E-state index is 0.0520. The maximum Gasteiger partial charge on any atom is 0.228 e. The topological polar surface area (TPSA) is 72.4 Å². The van der Waals surface area contributed by atoms with Crippen molar-refractivity contribution in [2.75, 3.05) is 19.6 Å². The molecule has 2 N–H and O–H groups in total. The minimum atomic E-state index is 0.0520. The van der Waals surface area contributed by atoms with E-state index >= 15 is 0 Å². The van der Waals surface area contributed by atoms with Gasteiger partial charge in [0.15, 0.2) is 0 Å². The highest BCUT2D eigenvalue weighted by Gasteiger charge is 2.35. The molecule has 1 aliphatic heterocycles. The highest BCUT2D eigenvalue weighted by Crippen LogP contribution is 2.29. The maximum atomic E-state index is 12.5. The van der Waals surface area contributed by atoms with Gasteiger partial charge in [0.25, 0.3) is 0 Å². The quantitative estimate of drug-likeness (QED) is 0.939. The third-order valence-corrected chi connectivity index (χ3v) is 5.07. The zero-order valence-corrected chi connectivity index (χ0v) is 13.8. The number of aryl methyl sites for hydroxylation is 1. The van der Waals surface area contributed by atoms with Crippen molar-refractivity contribution in [3.05, 3.63) is 28.3 Å². The highest BCUT2D eigenvalue weighted by atomic mass is 32.1. The molecule has 3 rings (SSSR count). The van der Waals surface area contributed by atoms with Gasteiger partial charge in [0.2, 0.25) is 11.8 Å². The van der Waals surface area contributed by atoms with Crippen LogP contribution in [0.5, 0.6) is 0 Å². The van der Waals surface area contributed by atoms with E-state index in [1.165, 1.54) is 0 Å². The summed E-state index contributed by atoms with van der Waals surface area (Å²) in [6, 6.07) is 1.97. The van der Waals surface area contributed by atoms with Crippen LogP contribution in [0.4, 0.5) is 0 Å². The lowest BCUT2D eigenvalue weighted by Crippen LogP contribution is -2.35. The van der Waals surface area contributed by atoms with E-state index in [2.05, 4.69) is 11.9 Å². The van der Waals surface area contributed by atoms with Gasteiger partial charge in [-0.05, 0) is 36.8 Å². The Morgan fingerprint density at radius 3 is 3.05 bits per heavy atom. The van der Waals surface area contributed by atoms with E-state index in [1.54, 1.807) is 11.3 Å². The van der Waals surface area contributed by atoms with Crippen molar-refractivity contribution in [2.24, 2.45) is 11.1 Å². The Morgan fingerprint density at radius 1 is 1.59 bits per heavy atom. The van der Waals surface area contributed by atoms with Crippen LogP contribution in [0.2, 0.25) is 0 Å². The largest absolute Gasteiger partial charge is 0.441 e. The second-order valence-corrected chi connectivity index (χ2v) is 7.07. The molecule has 1 unspecified atom stereocenters. The number of carbonyl (C=O) groups is 1. The Hall–Kier alpha value is -1.66. The number of thiophene rings is 1. The van der Waals surface area contributed by atoms with E-state index in [0.717, 1.165) is 36.5 Å². The lowest BCUT2D eigenvalue weighted by atomic mass is 9.90. The SMILES string of the molecule is Cc1oc(-c2ccsc2)nc1CC(=O)N1CCC(C)(CN)C1. The van der Waals surface area contributed by atoms with E-state index in [-0.39, 0.29) is 11.3 Å². The first-order valence-electron chi connectivity index (χ1n) is 7.47. The molecule has 1 amide bonds. The van der Waals surface area contributed by atoms with Gasteiger partial charge < -0.3 is 15.1 Å². The molecule has 1 saturated heterocycles. The first kappa shape index (κ1) is 15.2. The van der Waals surface area contributed by atoms with Gasteiger partial charge in [0.05, 0.1) is 12.1 Å². The second-order valence-electron chi connectivity index (χ2n) is 6.29. The van der Waals surface area contributed by atoms with Crippen LogP contribution in [0.1, 0.15) is 24.8 Å². The fraction of sp³-hybridized carbons (Fsp3) is 0.500. The highest BCUT2D eigenvalue weighted by molar-refractivity contribution is 7.08. The Bertz CT molecular complexity index is 665. The van der Waals surface area contributed by atoms with Crippen molar-refractivity contribution in [3.8, 4) is 11.5 Å². The molecule has 0 spiro atoms. The average molecular weight is 319 g/mol. The van der Waals surface area contributed by atoms with Gasteiger partial charge in [-0.15, -0.1) is 0 Å². The summed E-state index contributed by atoms with van der Waals surface area (Å²) in [4.78, 5) is 18.9. The molecule has 1 fully saturated rings. The molecule has 0 aliphatic carbocycles. The van der Waals surface area contributed by atoms with Crippen molar-refractivity contribution < 1.29 is 9.21 Å². The summed E-state index contributed by atoms with van der Waals surface area (Å²) in [5.74, 6) is 1.41. The van der Waals surface area contributed by atoms with E-state index in [1.807, 2.05) is 28.7 Å². The molecule has 118 valence electrons. The zero-order chi connectivity index (χ0) is 15.7. The lowest BCUT2D eigenvalue weighted by Gasteiger charge is -2.22. The van der Waals surface area contributed by atoms with E-state index in [9.17, 15) is 4.79 Å². The number of nitrogens with two attached hydrogens (primary N) is 1. The standard InChI is InChI=1S/C16H21N3O2S/c1-11-13(18-15(21-11)12-3-6-22-8-12)7-14(20)19-5-4-16(2,9-17)10-19/h3,6,8H,4-5,7,9-10,17H2,1-2H3. The number of rotatable bonds is 4. The molecule has 1 aliphatic rings. The van der Waals surface area contributed by atoms with Gasteiger partial charge in [-0.1, -0.05) is 6.92 Å². The first-order valence-corrected chi connectivity index (χ1v) is 8.42. The summed E-state index contributed by atoms with van der Waals surface area (Å²) in [6.45, 7) is 6.12. The Kier molecular flexibility index (Phi) is 4.06. The number of nitrogens with zero attached hydrogens (tertiary/aromatic N) is 2. The molecular weight excluding hydrogens is 298 g/mol. The fourth-order valence-electron chi connectivity index (χ4n) is 2.76. The van der Waals surface area contributed by atoms with Crippen LogP contribution in [0, 0.1) is 12.3 Å². The van der Waals surface area contributed by atoms with Gasteiger partial charge >= 0.3 is 0 Å².